The third kappa shape index (κ3) is 1.56. The van der Waals surface area contributed by atoms with Crippen LogP contribution >= 0.6 is 0 Å². The third-order valence-electron chi connectivity index (χ3n) is 5.77. The first-order valence-corrected chi connectivity index (χ1v) is 7.15. The summed E-state index contributed by atoms with van der Waals surface area (Å²) in [4.78, 5) is 11.5. The van der Waals surface area contributed by atoms with Crippen molar-refractivity contribution < 1.29 is 14.6 Å². The summed E-state index contributed by atoms with van der Waals surface area (Å²) in [7, 11) is 0. The van der Waals surface area contributed by atoms with Crippen LogP contribution in [0.3, 0.4) is 0 Å². The Morgan fingerprint density at radius 2 is 2.33 bits per heavy atom. The Labute approximate surface area is 108 Å². The Kier molecular flexibility index (Phi) is 2.97. The molecule has 3 saturated carbocycles. The van der Waals surface area contributed by atoms with Crippen LogP contribution in [0.15, 0.2) is 12.7 Å². The first kappa shape index (κ1) is 12.2. The highest BCUT2D eigenvalue weighted by Crippen LogP contribution is 2.67. The Bertz CT molecular complexity index is 365. The standard InChI is InChI=1S/C15H22O3/c1-2-14(17)18-13(9-16)15-7-6-10(8-15)11-4-3-5-12(11)15/h2,10-13,16H,1,3-9H2. The Hall–Kier alpha value is -0.830. The van der Waals surface area contributed by atoms with Crippen LogP contribution in [0.5, 0.6) is 0 Å². The number of carbonyl (C=O) groups excluding carboxylic acids is 1. The summed E-state index contributed by atoms with van der Waals surface area (Å²) in [6.07, 6.45) is 8.30. The first-order chi connectivity index (χ1) is 8.71. The maximum atomic E-state index is 11.5. The number of fused-ring (bicyclic) bond motifs is 5. The number of esters is 1. The maximum Gasteiger partial charge on any atom is 0.330 e. The minimum Gasteiger partial charge on any atom is -0.456 e. The van der Waals surface area contributed by atoms with Gasteiger partial charge in [-0.2, -0.15) is 0 Å². The van der Waals surface area contributed by atoms with E-state index in [0.29, 0.717) is 5.92 Å². The topological polar surface area (TPSA) is 46.5 Å². The number of aliphatic hydroxyl groups excluding tert-OH is 1. The zero-order valence-corrected chi connectivity index (χ0v) is 10.8. The molecule has 1 N–H and O–H groups in total. The van der Waals surface area contributed by atoms with E-state index in [4.69, 9.17) is 4.74 Å². The number of aliphatic hydroxyl groups is 1. The maximum absolute atomic E-state index is 11.5. The molecule has 100 valence electrons. The molecular formula is C15H22O3. The van der Waals surface area contributed by atoms with Crippen molar-refractivity contribution in [3.63, 3.8) is 0 Å². The number of rotatable bonds is 4. The van der Waals surface area contributed by atoms with E-state index in [0.717, 1.165) is 24.7 Å². The molecule has 0 aromatic carbocycles. The van der Waals surface area contributed by atoms with Crippen LogP contribution in [0.4, 0.5) is 0 Å². The summed E-state index contributed by atoms with van der Waals surface area (Å²) in [6.45, 7) is 3.40. The molecule has 3 rings (SSSR count). The van der Waals surface area contributed by atoms with Crippen molar-refractivity contribution in [2.24, 2.45) is 23.2 Å². The molecular weight excluding hydrogens is 228 g/mol. The monoisotopic (exact) mass is 250 g/mol. The van der Waals surface area contributed by atoms with Crippen LogP contribution in [0.1, 0.15) is 38.5 Å². The highest BCUT2D eigenvalue weighted by Gasteiger charge is 2.62. The SMILES string of the molecule is C=CC(=O)OC(CO)C12CCC(C1)C1CCCC12. The predicted molar refractivity (Wildman–Crippen MR) is 67.8 cm³/mol. The van der Waals surface area contributed by atoms with Crippen molar-refractivity contribution in [3.8, 4) is 0 Å². The zero-order chi connectivity index (χ0) is 12.8. The minimum absolute atomic E-state index is 0.0461. The van der Waals surface area contributed by atoms with Crippen LogP contribution in [0.25, 0.3) is 0 Å². The van der Waals surface area contributed by atoms with Crippen molar-refractivity contribution in [2.45, 2.75) is 44.6 Å². The van der Waals surface area contributed by atoms with Crippen molar-refractivity contribution in [1.29, 1.82) is 0 Å². The second-order valence-corrected chi connectivity index (χ2v) is 6.25. The van der Waals surface area contributed by atoms with Gasteiger partial charge in [0, 0.05) is 11.5 Å². The molecule has 0 heterocycles. The first-order valence-electron chi connectivity index (χ1n) is 7.15. The van der Waals surface area contributed by atoms with Crippen molar-refractivity contribution in [2.75, 3.05) is 6.61 Å². The lowest BCUT2D eigenvalue weighted by Crippen LogP contribution is -2.43. The summed E-state index contributed by atoms with van der Waals surface area (Å²) in [5.41, 5.74) is 0.0687. The second kappa shape index (κ2) is 4.37. The van der Waals surface area contributed by atoms with Crippen LogP contribution in [-0.2, 0) is 9.53 Å². The molecule has 0 aromatic heterocycles. The number of hydrogen-bond acceptors (Lipinski definition) is 3. The van der Waals surface area contributed by atoms with E-state index >= 15 is 0 Å². The lowest BCUT2D eigenvalue weighted by atomic mass is 9.68. The normalized spacial score (nSPS) is 42.6. The van der Waals surface area contributed by atoms with Gasteiger partial charge in [0.15, 0.2) is 0 Å². The Morgan fingerprint density at radius 3 is 3.06 bits per heavy atom. The van der Waals surface area contributed by atoms with Gasteiger partial charge in [-0.1, -0.05) is 13.0 Å². The lowest BCUT2D eigenvalue weighted by Gasteiger charge is -2.40. The fourth-order valence-corrected chi connectivity index (χ4v) is 5.17. The lowest BCUT2D eigenvalue weighted by molar-refractivity contribution is -0.157. The molecule has 0 amide bonds. The van der Waals surface area contributed by atoms with Gasteiger partial charge in [-0.05, 0) is 49.9 Å². The minimum atomic E-state index is -0.395. The van der Waals surface area contributed by atoms with Crippen molar-refractivity contribution in [3.05, 3.63) is 12.7 Å². The van der Waals surface area contributed by atoms with Crippen LogP contribution in [-0.4, -0.2) is 23.8 Å². The van der Waals surface area contributed by atoms with Gasteiger partial charge >= 0.3 is 5.97 Å². The summed E-state index contributed by atoms with van der Waals surface area (Å²) in [5, 5.41) is 9.65. The van der Waals surface area contributed by atoms with Gasteiger partial charge in [0.2, 0.25) is 0 Å². The molecule has 5 unspecified atom stereocenters. The van der Waals surface area contributed by atoms with Crippen LogP contribution in [0, 0.1) is 23.2 Å². The third-order valence-corrected chi connectivity index (χ3v) is 5.77. The molecule has 3 fully saturated rings. The van der Waals surface area contributed by atoms with E-state index < -0.39 is 5.97 Å². The van der Waals surface area contributed by atoms with Gasteiger partial charge in [0.05, 0.1) is 6.61 Å². The zero-order valence-electron chi connectivity index (χ0n) is 10.8. The van der Waals surface area contributed by atoms with Crippen molar-refractivity contribution >= 4 is 5.97 Å². The predicted octanol–water partition coefficient (Wildman–Crippen LogP) is 2.29. The van der Waals surface area contributed by atoms with E-state index in [1.165, 1.54) is 31.8 Å². The number of ether oxygens (including phenoxy) is 1. The molecule has 0 saturated heterocycles. The molecule has 18 heavy (non-hydrogen) atoms. The summed E-state index contributed by atoms with van der Waals surface area (Å²) in [6, 6.07) is 0. The van der Waals surface area contributed by atoms with Gasteiger partial charge < -0.3 is 9.84 Å². The smallest absolute Gasteiger partial charge is 0.330 e. The molecule has 0 aliphatic heterocycles. The molecule has 0 radical (unpaired) electrons. The van der Waals surface area contributed by atoms with Gasteiger partial charge in [0.25, 0.3) is 0 Å². The highest BCUT2D eigenvalue weighted by atomic mass is 16.6. The highest BCUT2D eigenvalue weighted by molar-refractivity contribution is 5.81. The molecule has 0 spiro atoms. The van der Waals surface area contributed by atoms with E-state index in [-0.39, 0.29) is 18.1 Å². The van der Waals surface area contributed by atoms with Crippen molar-refractivity contribution in [1.82, 2.24) is 0 Å². The fraction of sp³-hybridized carbons (Fsp3) is 0.800. The van der Waals surface area contributed by atoms with Crippen LogP contribution < -0.4 is 0 Å². The Balaban J connectivity index is 1.84. The molecule has 3 heteroatoms. The van der Waals surface area contributed by atoms with E-state index in [1.54, 1.807) is 0 Å². The fourth-order valence-electron chi connectivity index (χ4n) is 5.17. The number of carbonyl (C=O) groups is 1. The quantitative estimate of drug-likeness (QED) is 0.615. The molecule has 5 atom stereocenters. The van der Waals surface area contributed by atoms with Gasteiger partial charge in [-0.3, -0.25) is 0 Å². The summed E-state index contributed by atoms with van der Waals surface area (Å²) in [5.74, 6) is 1.92. The molecule has 2 bridgehead atoms. The molecule has 3 aliphatic carbocycles. The molecule has 0 aromatic rings. The van der Waals surface area contributed by atoms with Gasteiger partial charge in [0.1, 0.15) is 6.10 Å². The largest absolute Gasteiger partial charge is 0.456 e. The molecule has 3 aliphatic rings. The Morgan fingerprint density at radius 1 is 1.50 bits per heavy atom. The van der Waals surface area contributed by atoms with E-state index in [9.17, 15) is 9.90 Å². The average molecular weight is 250 g/mol. The van der Waals surface area contributed by atoms with E-state index in [1.807, 2.05) is 0 Å². The van der Waals surface area contributed by atoms with E-state index in [2.05, 4.69) is 6.58 Å². The van der Waals surface area contributed by atoms with Crippen LogP contribution in [0.2, 0.25) is 0 Å². The van der Waals surface area contributed by atoms with Gasteiger partial charge in [-0.15, -0.1) is 0 Å². The van der Waals surface area contributed by atoms with Gasteiger partial charge in [-0.25, -0.2) is 4.79 Å². The second-order valence-electron chi connectivity index (χ2n) is 6.25. The summed E-state index contributed by atoms with van der Waals surface area (Å²) >= 11 is 0. The molecule has 3 nitrogen and oxygen atoms in total. The average Bonchev–Trinajstić information content (AvgIpc) is 3.06. The number of hydrogen-bond donors (Lipinski definition) is 1. The summed E-state index contributed by atoms with van der Waals surface area (Å²) < 4.78 is 5.45.